The Labute approximate surface area is 84.4 Å². The summed E-state index contributed by atoms with van der Waals surface area (Å²) in [5.74, 6) is 0.213. The number of nitriles is 1. The number of nitrogens with zero attached hydrogens (tertiary/aromatic N) is 2. The number of hydrogen-bond donors (Lipinski definition) is 0. The van der Waals surface area contributed by atoms with Gasteiger partial charge >= 0.3 is 5.97 Å². The van der Waals surface area contributed by atoms with Gasteiger partial charge < -0.3 is 9.64 Å². The monoisotopic (exact) mass is 196 g/mol. The van der Waals surface area contributed by atoms with E-state index in [-0.39, 0.29) is 11.9 Å². The van der Waals surface area contributed by atoms with Crippen molar-refractivity contribution in [3.05, 3.63) is 0 Å². The first kappa shape index (κ1) is 11.0. The van der Waals surface area contributed by atoms with E-state index in [0.29, 0.717) is 12.3 Å². The Morgan fingerprint density at radius 1 is 1.64 bits per heavy atom. The van der Waals surface area contributed by atoms with Gasteiger partial charge in [0.25, 0.3) is 0 Å². The number of methoxy groups -OCH3 is 1. The topological polar surface area (TPSA) is 53.3 Å². The highest BCUT2D eigenvalue weighted by Gasteiger charge is 2.30. The fourth-order valence-corrected chi connectivity index (χ4v) is 1.93. The normalized spacial score (nSPS) is 27.2. The molecule has 1 saturated heterocycles. The maximum absolute atomic E-state index is 10.9. The highest BCUT2D eigenvalue weighted by Crippen LogP contribution is 2.25. The van der Waals surface area contributed by atoms with Crippen molar-refractivity contribution in [3.8, 4) is 6.07 Å². The van der Waals surface area contributed by atoms with E-state index in [2.05, 4.69) is 15.7 Å². The molecule has 0 aliphatic carbocycles. The molecule has 78 valence electrons. The predicted molar refractivity (Wildman–Crippen MR) is 51.3 cm³/mol. The Morgan fingerprint density at radius 3 is 2.93 bits per heavy atom. The molecule has 1 fully saturated rings. The fraction of sp³-hybridized carbons (Fsp3) is 0.800. The minimum Gasteiger partial charge on any atom is -0.469 e. The second-order valence-electron chi connectivity index (χ2n) is 3.83. The summed E-state index contributed by atoms with van der Waals surface area (Å²) in [7, 11) is 3.40. The lowest BCUT2D eigenvalue weighted by Gasteiger charge is -2.10. The molecule has 1 rings (SSSR count). The molecule has 4 nitrogen and oxygen atoms in total. The third-order valence-electron chi connectivity index (χ3n) is 2.74. The molecule has 0 spiro atoms. The van der Waals surface area contributed by atoms with E-state index in [4.69, 9.17) is 5.26 Å². The molecule has 0 bridgehead atoms. The smallest absolute Gasteiger partial charge is 0.305 e. The molecule has 0 aromatic heterocycles. The number of ether oxygens (including phenoxy) is 1. The molecule has 0 amide bonds. The summed E-state index contributed by atoms with van der Waals surface area (Å²) in [5, 5.41) is 8.88. The lowest BCUT2D eigenvalue weighted by atomic mass is 9.93. The molecule has 2 atom stereocenters. The van der Waals surface area contributed by atoms with E-state index >= 15 is 0 Å². The van der Waals surface area contributed by atoms with Crippen molar-refractivity contribution in [2.24, 2.45) is 11.8 Å². The van der Waals surface area contributed by atoms with Gasteiger partial charge in [-0.05, 0) is 19.4 Å². The second-order valence-corrected chi connectivity index (χ2v) is 3.83. The van der Waals surface area contributed by atoms with Crippen LogP contribution in [-0.4, -0.2) is 38.1 Å². The summed E-state index contributed by atoms with van der Waals surface area (Å²) < 4.78 is 4.57. The molecule has 0 saturated carbocycles. The number of carbonyl (C=O) groups is 1. The van der Waals surface area contributed by atoms with Crippen molar-refractivity contribution < 1.29 is 9.53 Å². The van der Waals surface area contributed by atoms with Gasteiger partial charge in [-0.25, -0.2) is 0 Å². The van der Waals surface area contributed by atoms with Crippen LogP contribution in [0.1, 0.15) is 12.8 Å². The van der Waals surface area contributed by atoms with Gasteiger partial charge in [-0.3, -0.25) is 4.79 Å². The van der Waals surface area contributed by atoms with Crippen LogP contribution in [0.25, 0.3) is 0 Å². The van der Waals surface area contributed by atoms with Crippen molar-refractivity contribution in [1.29, 1.82) is 5.26 Å². The van der Waals surface area contributed by atoms with Crippen LogP contribution in [0.5, 0.6) is 0 Å². The Balaban J connectivity index is 2.37. The standard InChI is InChI=1S/C10H16N2O2/c1-12-6-8(9(5-11)7-12)3-4-10(13)14-2/h8-9H,3-4,6-7H2,1-2H3. The predicted octanol–water partition coefficient (Wildman–Crippen LogP) is 0.641. The number of carbonyl (C=O) groups excluding carboxylic acids is 1. The van der Waals surface area contributed by atoms with E-state index in [9.17, 15) is 4.79 Å². The quantitative estimate of drug-likeness (QED) is 0.622. The van der Waals surface area contributed by atoms with E-state index in [1.54, 1.807) is 0 Å². The van der Waals surface area contributed by atoms with Gasteiger partial charge in [-0.15, -0.1) is 0 Å². The van der Waals surface area contributed by atoms with Crippen LogP contribution >= 0.6 is 0 Å². The van der Waals surface area contributed by atoms with Crippen LogP contribution in [0.2, 0.25) is 0 Å². The summed E-state index contributed by atoms with van der Waals surface area (Å²) in [4.78, 5) is 13.1. The van der Waals surface area contributed by atoms with Crippen LogP contribution in [0.15, 0.2) is 0 Å². The molecule has 4 heteroatoms. The molecular formula is C10H16N2O2. The van der Waals surface area contributed by atoms with Crippen LogP contribution in [0.4, 0.5) is 0 Å². The van der Waals surface area contributed by atoms with Gasteiger partial charge in [0, 0.05) is 19.5 Å². The Bertz CT molecular complexity index is 247. The highest BCUT2D eigenvalue weighted by molar-refractivity contribution is 5.69. The lowest BCUT2D eigenvalue weighted by Crippen LogP contribution is -2.14. The first-order valence-corrected chi connectivity index (χ1v) is 4.82. The molecule has 0 aromatic carbocycles. The first-order valence-electron chi connectivity index (χ1n) is 4.82. The van der Waals surface area contributed by atoms with E-state index in [1.165, 1.54) is 7.11 Å². The SMILES string of the molecule is COC(=O)CCC1CN(C)CC1C#N. The van der Waals surface area contributed by atoms with Gasteiger partial charge in [-0.1, -0.05) is 0 Å². The van der Waals surface area contributed by atoms with Crippen LogP contribution in [0, 0.1) is 23.2 Å². The number of esters is 1. The minimum absolute atomic E-state index is 0.0738. The molecule has 1 heterocycles. The van der Waals surface area contributed by atoms with Crippen molar-refractivity contribution in [3.63, 3.8) is 0 Å². The van der Waals surface area contributed by atoms with Crippen molar-refractivity contribution in [2.45, 2.75) is 12.8 Å². The molecule has 0 radical (unpaired) electrons. The first-order chi connectivity index (χ1) is 6.67. The van der Waals surface area contributed by atoms with Crippen LogP contribution < -0.4 is 0 Å². The van der Waals surface area contributed by atoms with Crippen molar-refractivity contribution >= 4 is 5.97 Å². The molecular weight excluding hydrogens is 180 g/mol. The maximum atomic E-state index is 10.9. The minimum atomic E-state index is -0.184. The van der Waals surface area contributed by atoms with Gasteiger partial charge in [0.05, 0.1) is 19.1 Å². The van der Waals surface area contributed by atoms with Crippen molar-refractivity contribution in [1.82, 2.24) is 4.90 Å². The van der Waals surface area contributed by atoms with Gasteiger partial charge in [0.15, 0.2) is 0 Å². The van der Waals surface area contributed by atoms with Crippen LogP contribution in [-0.2, 0) is 9.53 Å². The zero-order valence-electron chi connectivity index (χ0n) is 8.69. The Morgan fingerprint density at radius 2 is 2.36 bits per heavy atom. The summed E-state index contributed by atoms with van der Waals surface area (Å²) >= 11 is 0. The summed E-state index contributed by atoms with van der Waals surface area (Å²) in [5.41, 5.74) is 0. The van der Waals surface area contributed by atoms with Gasteiger partial charge in [0.2, 0.25) is 0 Å². The highest BCUT2D eigenvalue weighted by atomic mass is 16.5. The average Bonchev–Trinajstić information content (AvgIpc) is 2.55. The third-order valence-corrected chi connectivity index (χ3v) is 2.74. The average molecular weight is 196 g/mol. The van der Waals surface area contributed by atoms with E-state index in [0.717, 1.165) is 19.5 Å². The number of likely N-dealkylation sites (tertiary alicyclic amines) is 1. The summed E-state index contributed by atoms with van der Waals surface area (Å²) in [6.07, 6.45) is 1.18. The molecule has 1 aliphatic heterocycles. The molecule has 14 heavy (non-hydrogen) atoms. The molecule has 0 aromatic rings. The molecule has 0 N–H and O–H groups in total. The molecule has 2 unspecified atom stereocenters. The zero-order valence-corrected chi connectivity index (χ0v) is 8.69. The Hall–Kier alpha value is -1.08. The fourth-order valence-electron chi connectivity index (χ4n) is 1.93. The lowest BCUT2D eigenvalue weighted by molar-refractivity contribution is -0.140. The van der Waals surface area contributed by atoms with Gasteiger partial charge in [-0.2, -0.15) is 5.26 Å². The largest absolute Gasteiger partial charge is 0.469 e. The summed E-state index contributed by atoms with van der Waals surface area (Å²) in [6, 6.07) is 2.29. The zero-order chi connectivity index (χ0) is 10.6. The number of rotatable bonds is 3. The third kappa shape index (κ3) is 2.71. The van der Waals surface area contributed by atoms with Crippen LogP contribution in [0.3, 0.4) is 0 Å². The van der Waals surface area contributed by atoms with E-state index < -0.39 is 0 Å². The summed E-state index contributed by atoms with van der Waals surface area (Å²) in [6.45, 7) is 1.73. The second kappa shape index (κ2) is 4.97. The maximum Gasteiger partial charge on any atom is 0.305 e. The van der Waals surface area contributed by atoms with Crippen molar-refractivity contribution in [2.75, 3.05) is 27.2 Å². The Kier molecular flexibility index (Phi) is 3.90. The molecule has 1 aliphatic rings. The van der Waals surface area contributed by atoms with E-state index in [1.807, 2.05) is 7.05 Å². The van der Waals surface area contributed by atoms with Gasteiger partial charge in [0.1, 0.15) is 0 Å². The number of hydrogen-bond acceptors (Lipinski definition) is 4.